The topological polar surface area (TPSA) is 57.0 Å². The number of hydrogen-bond acceptors (Lipinski definition) is 4. The minimum atomic E-state index is -0.391. The molecule has 4 aromatic rings. The lowest BCUT2D eigenvalue weighted by molar-refractivity contribution is -0.138. The molecule has 0 unspecified atom stereocenters. The molecule has 2 aromatic heterocycles. The largest absolute Gasteiger partial charge is 0.458 e. The summed E-state index contributed by atoms with van der Waals surface area (Å²) < 4.78 is 7.42. The highest BCUT2D eigenvalue weighted by Crippen LogP contribution is 2.18. The monoisotopic (exact) mass is 411 g/mol. The van der Waals surface area contributed by atoms with Gasteiger partial charge in [0.25, 0.3) is 0 Å². The summed E-state index contributed by atoms with van der Waals surface area (Å²) >= 11 is 0. The van der Waals surface area contributed by atoms with Gasteiger partial charge in [0.15, 0.2) is 0 Å². The van der Waals surface area contributed by atoms with Gasteiger partial charge in [-0.3, -0.25) is 9.67 Å². The highest BCUT2D eigenvalue weighted by Gasteiger charge is 2.11. The number of pyridine rings is 1. The van der Waals surface area contributed by atoms with E-state index in [0.717, 1.165) is 33.4 Å². The molecule has 0 fully saturated rings. The third-order valence-electron chi connectivity index (χ3n) is 5.36. The number of para-hydroxylation sites is 1. The van der Waals surface area contributed by atoms with Crippen LogP contribution in [0.5, 0.6) is 0 Å². The number of carbonyl (C=O) groups is 1. The first-order valence-electron chi connectivity index (χ1n) is 10.3. The van der Waals surface area contributed by atoms with E-state index in [-0.39, 0.29) is 6.61 Å². The average molecular weight is 412 g/mol. The maximum absolute atomic E-state index is 12.3. The molecule has 0 amide bonds. The molecule has 0 saturated carbocycles. The van der Waals surface area contributed by atoms with Gasteiger partial charge in [0.1, 0.15) is 6.61 Å². The van der Waals surface area contributed by atoms with Crippen LogP contribution in [0, 0.1) is 20.8 Å². The SMILES string of the molecule is Cc1ccc(Cn2nc(C)c(/C=C/C(=O)OCc3cccc4cccnc34)c2C)cc1. The van der Waals surface area contributed by atoms with Crippen LogP contribution in [0.15, 0.2) is 66.9 Å². The van der Waals surface area contributed by atoms with Crippen molar-refractivity contribution in [3.05, 3.63) is 101 Å². The Balaban J connectivity index is 1.43. The van der Waals surface area contributed by atoms with Crippen LogP contribution in [0.4, 0.5) is 0 Å². The zero-order valence-corrected chi connectivity index (χ0v) is 18.0. The van der Waals surface area contributed by atoms with Gasteiger partial charge in [-0.2, -0.15) is 5.10 Å². The Hall–Kier alpha value is -3.73. The van der Waals surface area contributed by atoms with Crippen molar-refractivity contribution in [3.63, 3.8) is 0 Å². The Kier molecular flexibility index (Phi) is 5.94. The molecule has 0 bridgehead atoms. The number of esters is 1. The minimum Gasteiger partial charge on any atom is -0.458 e. The molecule has 0 aliphatic carbocycles. The summed E-state index contributed by atoms with van der Waals surface area (Å²) in [7, 11) is 0. The molecule has 5 nitrogen and oxygen atoms in total. The standard InChI is InChI=1S/C26H25N3O2/c1-18-9-11-21(12-10-18)16-29-20(3)24(19(2)28-29)13-14-25(30)31-17-23-7-4-6-22-8-5-15-27-26(22)23/h4-15H,16-17H2,1-3H3/b14-13+. The number of nitrogens with zero attached hydrogens (tertiary/aromatic N) is 3. The number of fused-ring (bicyclic) bond motifs is 1. The van der Waals surface area contributed by atoms with E-state index in [0.29, 0.717) is 6.54 Å². The summed E-state index contributed by atoms with van der Waals surface area (Å²) in [6.45, 7) is 6.92. The van der Waals surface area contributed by atoms with Gasteiger partial charge in [-0.25, -0.2) is 4.79 Å². The molecule has 5 heteroatoms. The van der Waals surface area contributed by atoms with Gasteiger partial charge in [-0.15, -0.1) is 0 Å². The van der Waals surface area contributed by atoms with Gasteiger partial charge in [0.05, 0.1) is 17.8 Å². The molecule has 0 spiro atoms. The number of hydrogen-bond donors (Lipinski definition) is 0. The van der Waals surface area contributed by atoms with Crippen LogP contribution in [0.2, 0.25) is 0 Å². The van der Waals surface area contributed by atoms with Crippen LogP contribution in [0.3, 0.4) is 0 Å². The third-order valence-corrected chi connectivity index (χ3v) is 5.36. The molecule has 4 rings (SSSR count). The second-order valence-electron chi connectivity index (χ2n) is 7.66. The normalized spacial score (nSPS) is 11.3. The predicted molar refractivity (Wildman–Crippen MR) is 123 cm³/mol. The summed E-state index contributed by atoms with van der Waals surface area (Å²) in [6.07, 6.45) is 4.99. The molecule has 0 aliphatic heterocycles. The van der Waals surface area contributed by atoms with Crippen LogP contribution in [-0.4, -0.2) is 20.7 Å². The van der Waals surface area contributed by atoms with Crippen molar-refractivity contribution in [3.8, 4) is 0 Å². The van der Waals surface area contributed by atoms with Crippen LogP contribution < -0.4 is 0 Å². The predicted octanol–water partition coefficient (Wildman–Crippen LogP) is 5.16. The zero-order valence-electron chi connectivity index (χ0n) is 18.0. The van der Waals surface area contributed by atoms with E-state index < -0.39 is 5.97 Å². The summed E-state index contributed by atoms with van der Waals surface area (Å²) in [5, 5.41) is 5.67. The molecule has 0 atom stereocenters. The van der Waals surface area contributed by atoms with Crippen molar-refractivity contribution in [1.82, 2.24) is 14.8 Å². The Morgan fingerprint density at radius 1 is 1.03 bits per heavy atom. The van der Waals surface area contributed by atoms with Crippen LogP contribution in [0.1, 0.15) is 33.6 Å². The Bertz CT molecular complexity index is 1250. The molecular weight excluding hydrogens is 386 g/mol. The molecule has 2 aromatic carbocycles. The molecule has 0 saturated heterocycles. The van der Waals surface area contributed by atoms with Gasteiger partial charge >= 0.3 is 5.97 Å². The molecule has 31 heavy (non-hydrogen) atoms. The van der Waals surface area contributed by atoms with E-state index in [9.17, 15) is 4.79 Å². The molecule has 2 heterocycles. The van der Waals surface area contributed by atoms with E-state index in [1.165, 1.54) is 17.2 Å². The van der Waals surface area contributed by atoms with Crippen LogP contribution in [0.25, 0.3) is 17.0 Å². The van der Waals surface area contributed by atoms with Crippen molar-refractivity contribution < 1.29 is 9.53 Å². The fourth-order valence-electron chi connectivity index (χ4n) is 3.60. The first-order chi connectivity index (χ1) is 15.0. The molecule has 0 aliphatic rings. The summed E-state index contributed by atoms with van der Waals surface area (Å²) in [5.41, 5.74) is 7.00. The van der Waals surface area contributed by atoms with Gasteiger partial charge < -0.3 is 4.74 Å². The number of rotatable bonds is 6. The summed E-state index contributed by atoms with van der Waals surface area (Å²) in [4.78, 5) is 16.7. The van der Waals surface area contributed by atoms with E-state index >= 15 is 0 Å². The lowest BCUT2D eigenvalue weighted by Gasteiger charge is -2.06. The number of aromatic nitrogens is 3. The van der Waals surface area contributed by atoms with Crippen LogP contribution >= 0.6 is 0 Å². The van der Waals surface area contributed by atoms with Gasteiger partial charge in [-0.1, -0.05) is 54.1 Å². The van der Waals surface area contributed by atoms with E-state index in [2.05, 4.69) is 41.3 Å². The number of carbonyl (C=O) groups excluding carboxylic acids is 1. The molecule has 156 valence electrons. The number of benzene rings is 2. The Morgan fingerprint density at radius 3 is 2.61 bits per heavy atom. The van der Waals surface area contributed by atoms with E-state index in [1.807, 2.05) is 48.9 Å². The van der Waals surface area contributed by atoms with Gasteiger partial charge in [0.2, 0.25) is 0 Å². The van der Waals surface area contributed by atoms with Crippen LogP contribution in [-0.2, 0) is 22.7 Å². The lowest BCUT2D eigenvalue weighted by atomic mass is 10.1. The third kappa shape index (κ3) is 4.72. The summed E-state index contributed by atoms with van der Waals surface area (Å²) in [5.74, 6) is -0.391. The first-order valence-corrected chi connectivity index (χ1v) is 10.3. The Labute approximate surface area is 182 Å². The maximum atomic E-state index is 12.3. The fourth-order valence-corrected chi connectivity index (χ4v) is 3.60. The highest BCUT2D eigenvalue weighted by atomic mass is 16.5. The fraction of sp³-hybridized carbons (Fsp3) is 0.192. The quantitative estimate of drug-likeness (QED) is 0.325. The van der Waals surface area contributed by atoms with Crippen molar-refractivity contribution in [2.24, 2.45) is 0 Å². The second-order valence-corrected chi connectivity index (χ2v) is 7.66. The first kappa shape index (κ1) is 20.5. The average Bonchev–Trinajstić information content (AvgIpc) is 3.04. The number of ether oxygens (including phenoxy) is 1. The maximum Gasteiger partial charge on any atom is 0.331 e. The zero-order chi connectivity index (χ0) is 21.8. The second kappa shape index (κ2) is 8.96. The van der Waals surface area contributed by atoms with Gasteiger partial charge in [0, 0.05) is 34.5 Å². The van der Waals surface area contributed by atoms with Gasteiger partial charge in [-0.05, 0) is 38.5 Å². The molecule has 0 radical (unpaired) electrons. The lowest BCUT2D eigenvalue weighted by Crippen LogP contribution is -2.04. The van der Waals surface area contributed by atoms with Crippen molar-refractivity contribution in [2.45, 2.75) is 33.9 Å². The molecule has 0 N–H and O–H groups in total. The van der Waals surface area contributed by atoms with E-state index in [4.69, 9.17) is 4.74 Å². The van der Waals surface area contributed by atoms with Crippen molar-refractivity contribution >= 4 is 22.9 Å². The Morgan fingerprint density at radius 2 is 1.81 bits per heavy atom. The number of aryl methyl sites for hydroxylation is 2. The summed E-state index contributed by atoms with van der Waals surface area (Å²) in [6, 6.07) is 18.2. The van der Waals surface area contributed by atoms with Crippen molar-refractivity contribution in [1.29, 1.82) is 0 Å². The molecular formula is C26H25N3O2. The minimum absolute atomic E-state index is 0.183. The highest BCUT2D eigenvalue weighted by molar-refractivity contribution is 5.88. The van der Waals surface area contributed by atoms with Crippen molar-refractivity contribution in [2.75, 3.05) is 0 Å². The van der Waals surface area contributed by atoms with E-state index in [1.54, 1.807) is 12.3 Å². The smallest absolute Gasteiger partial charge is 0.331 e.